The lowest BCUT2D eigenvalue weighted by Gasteiger charge is -2.66. The van der Waals surface area contributed by atoms with Gasteiger partial charge < -0.3 is 43.7 Å². The van der Waals surface area contributed by atoms with E-state index in [9.17, 15) is 24.9 Å². The van der Waals surface area contributed by atoms with Crippen LogP contribution in [0, 0.1) is 13.8 Å². The first-order chi connectivity index (χ1) is 26.8. The predicted octanol–water partition coefficient (Wildman–Crippen LogP) is 3.98. The first kappa shape index (κ1) is 35.7. The molecule has 0 amide bonds. The Hall–Kier alpha value is -4.70. The number of esters is 2. The lowest BCUT2D eigenvalue weighted by atomic mass is 9.72. The number of phenols is 2. The molecule has 8 aliphatic heterocycles. The Bertz CT molecular complexity index is 2320. The predicted molar refractivity (Wildman–Crippen MR) is 201 cm³/mol. The minimum atomic E-state index is -1.42. The number of thioether (sulfide) groups is 1. The molecule has 3 fully saturated rings. The third-order valence-corrected chi connectivity index (χ3v) is 15.0. The summed E-state index contributed by atoms with van der Waals surface area (Å²) in [5, 5.41) is 35.0. The molecule has 1 spiro atoms. The van der Waals surface area contributed by atoms with Crippen molar-refractivity contribution in [2.45, 2.75) is 87.3 Å². The molecular formula is C41H44N3O11S+. The minimum Gasteiger partial charge on any atom is -0.504 e. The number of rotatable bonds is 3. The number of ether oxygens (including phenoxy) is 6. The summed E-state index contributed by atoms with van der Waals surface area (Å²) >= 11 is 1.47. The Labute approximate surface area is 327 Å². The van der Waals surface area contributed by atoms with E-state index in [1.807, 2.05) is 18.7 Å². The molecule has 294 valence electrons. The lowest BCUT2D eigenvalue weighted by molar-refractivity contribution is -0.595. The number of aliphatic hydroxyl groups is 1. The van der Waals surface area contributed by atoms with Gasteiger partial charge in [-0.1, -0.05) is 0 Å². The number of phenolic OH excluding ortho intramolecular Hbond substituents is 2. The fourth-order valence-corrected chi connectivity index (χ4v) is 13.0. The minimum absolute atomic E-state index is 0.0327. The van der Waals surface area contributed by atoms with Crippen LogP contribution < -0.4 is 23.7 Å². The Morgan fingerprint density at radius 1 is 1.04 bits per heavy atom. The highest BCUT2D eigenvalue weighted by atomic mass is 32.2. The fourth-order valence-electron chi connectivity index (χ4n) is 11.2. The maximum absolute atomic E-state index is 14.9. The second kappa shape index (κ2) is 11.9. The number of piperazine rings is 1. The van der Waals surface area contributed by atoms with Crippen molar-refractivity contribution in [3.8, 4) is 40.2 Å². The molecule has 8 heterocycles. The summed E-state index contributed by atoms with van der Waals surface area (Å²) in [6.07, 6.45) is 0.139. The third kappa shape index (κ3) is 4.26. The zero-order valence-corrected chi connectivity index (χ0v) is 32.8. The van der Waals surface area contributed by atoms with Crippen molar-refractivity contribution < 1.29 is 57.9 Å². The molecule has 0 aromatic heterocycles. The number of hydrogen-bond acceptors (Lipinski definition) is 14. The Morgan fingerprint density at radius 2 is 1.80 bits per heavy atom. The molecule has 11 rings (SSSR count). The Balaban J connectivity index is 1.26. The molecule has 14 nitrogen and oxygen atoms in total. The van der Waals surface area contributed by atoms with Gasteiger partial charge >= 0.3 is 11.9 Å². The molecule has 2 bridgehead atoms. The topological polar surface area (TPSA) is 160 Å². The molecule has 8 aliphatic rings. The monoisotopic (exact) mass is 786 g/mol. The zero-order valence-electron chi connectivity index (χ0n) is 32.0. The SMILES string of the molecule is C=[N+]1CCc2cc(O)c(OC)cc2C12CSC1c3c(OC(C)=O)c(C)c4c(c3C(COC2=O)N2C(O)C3CC5(C)c6cc(C)c(OC)c(O)c6C(C12)N35)OCO4. The van der Waals surface area contributed by atoms with Crippen molar-refractivity contribution in [2.75, 3.05) is 39.9 Å². The van der Waals surface area contributed by atoms with Gasteiger partial charge in [0, 0.05) is 52.7 Å². The van der Waals surface area contributed by atoms with Crippen LogP contribution in [0.15, 0.2) is 18.2 Å². The fraction of sp³-hybridized carbons (Fsp3) is 0.488. The lowest BCUT2D eigenvalue weighted by Crippen LogP contribution is -2.75. The summed E-state index contributed by atoms with van der Waals surface area (Å²) in [6.45, 7) is 11.8. The van der Waals surface area contributed by atoms with Crippen LogP contribution in [0.2, 0.25) is 0 Å². The first-order valence-corrected chi connectivity index (χ1v) is 19.9. The van der Waals surface area contributed by atoms with E-state index in [0.29, 0.717) is 64.6 Å². The number of benzene rings is 3. The smallest absolute Gasteiger partial charge is 0.384 e. The van der Waals surface area contributed by atoms with Gasteiger partial charge in [0.25, 0.3) is 5.54 Å². The summed E-state index contributed by atoms with van der Waals surface area (Å²) in [6, 6.07) is 3.28. The van der Waals surface area contributed by atoms with Gasteiger partial charge in [0.15, 0.2) is 34.5 Å². The van der Waals surface area contributed by atoms with E-state index in [2.05, 4.69) is 24.6 Å². The summed E-state index contributed by atoms with van der Waals surface area (Å²) < 4.78 is 38.0. The van der Waals surface area contributed by atoms with E-state index in [1.54, 1.807) is 23.8 Å². The molecule has 3 N–H and O–H groups in total. The number of nitrogens with zero attached hydrogens (tertiary/aromatic N) is 3. The average Bonchev–Trinajstić information content (AvgIpc) is 3.72. The summed E-state index contributed by atoms with van der Waals surface area (Å²) in [7, 11) is 3.01. The van der Waals surface area contributed by atoms with Crippen molar-refractivity contribution in [1.29, 1.82) is 0 Å². The largest absolute Gasteiger partial charge is 0.504 e. The van der Waals surface area contributed by atoms with Gasteiger partial charge in [0.05, 0.1) is 43.3 Å². The maximum Gasteiger partial charge on any atom is 0.384 e. The number of aryl methyl sites for hydroxylation is 1. The maximum atomic E-state index is 14.9. The number of fused-ring (bicyclic) bond motifs is 8. The van der Waals surface area contributed by atoms with Gasteiger partial charge in [-0.25, -0.2) is 9.37 Å². The van der Waals surface area contributed by atoms with Crippen LogP contribution in [-0.4, -0.2) is 107 Å². The highest BCUT2D eigenvalue weighted by Crippen LogP contribution is 2.70. The highest BCUT2D eigenvalue weighted by Gasteiger charge is 2.71. The van der Waals surface area contributed by atoms with Crippen LogP contribution >= 0.6 is 11.8 Å². The molecular weight excluding hydrogens is 743 g/mol. The van der Waals surface area contributed by atoms with E-state index < -0.39 is 52.6 Å². The van der Waals surface area contributed by atoms with E-state index >= 15 is 0 Å². The van der Waals surface area contributed by atoms with Gasteiger partial charge in [0.2, 0.25) is 6.79 Å². The second-order valence-corrected chi connectivity index (χ2v) is 17.3. The van der Waals surface area contributed by atoms with Crippen LogP contribution in [-0.2, 0) is 31.8 Å². The van der Waals surface area contributed by atoms with Crippen molar-refractivity contribution in [1.82, 2.24) is 9.80 Å². The van der Waals surface area contributed by atoms with E-state index in [4.69, 9.17) is 28.4 Å². The number of carbonyl (C=O) groups excluding carboxylic acids is 2. The van der Waals surface area contributed by atoms with E-state index in [1.165, 1.54) is 25.8 Å². The van der Waals surface area contributed by atoms with Crippen LogP contribution in [0.4, 0.5) is 0 Å². The van der Waals surface area contributed by atoms with Gasteiger partial charge in [-0.05, 0) is 62.1 Å². The zero-order chi connectivity index (χ0) is 39.3. The van der Waals surface area contributed by atoms with Crippen LogP contribution in [0.3, 0.4) is 0 Å². The standard InChI is InChI=1S/C41H43N3O11S/c1-17-10-22-27(32(47)33(17)51-7)30-31-37-29-28(36-35(53-16-54-36)18(2)34(29)55-19(3)45)24(43(31)38(48)23-13-40(22,4)44(23)30)14-52-39(49)41(15-56-37)21-12-26(50-6)25(46)11-20(21)8-9-42(41)5/h10-12,23-24,30-31,37-38,48H,5,8-9,13-16H2,1-4,6-7H3,(H-,46,47)/p+1. The highest BCUT2D eigenvalue weighted by molar-refractivity contribution is 7.99. The van der Waals surface area contributed by atoms with E-state index in [0.717, 1.165) is 22.3 Å². The summed E-state index contributed by atoms with van der Waals surface area (Å²) in [5.41, 5.74) is 3.87. The number of aromatic hydroxyl groups is 2. The first-order valence-electron chi connectivity index (χ1n) is 18.8. The second-order valence-electron chi connectivity index (χ2n) is 16.1. The van der Waals surface area contributed by atoms with Crippen molar-refractivity contribution in [3.05, 3.63) is 62.7 Å². The molecule has 0 radical (unpaired) electrons. The molecule has 56 heavy (non-hydrogen) atoms. The van der Waals surface area contributed by atoms with Gasteiger partial charge in [-0.15, -0.1) is 11.8 Å². The summed E-state index contributed by atoms with van der Waals surface area (Å²) in [4.78, 5) is 32.3. The number of hydrogen-bond donors (Lipinski definition) is 3. The van der Waals surface area contributed by atoms with Crippen LogP contribution in [0.25, 0.3) is 0 Å². The Kier molecular flexibility index (Phi) is 7.59. The Morgan fingerprint density at radius 3 is 2.54 bits per heavy atom. The molecule has 3 saturated heterocycles. The van der Waals surface area contributed by atoms with Gasteiger partial charge in [-0.3, -0.25) is 14.6 Å². The van der Waals surface area contributed by atoms with Crippen LogP contribution in [0.5, 0.6) is 40.2 Å². The molecule has 3 aromatic carbocycles. The van der Waals surface area contributed by atoms with Crippen molar-refractivity contribution in [2.24, 2.45) is 0 Å². The molecule has 0 saturated carbocycles. The van der Waals surface area contributed by atoms with Crippen molar-refractivity contribution >= 4 is 30.4 Å². The van der Waals surface area contributed by atoms with Gasteiger partial charge in [0.1, 0.15) is 31.8 Å². The third-order valence-electron chi connectivity index (χ3n) is 13.5. The van der Waals surface area contributed by atoms with E-state index in [-0.39, 0.29) is 42.4 Å². The molecule has 8 atom stereocenters. The quantitative estimate of drug-likeness (QED) is 0.199. The number of aliphatic hydroxyl groups excluding tert-OH is 1. The van der Waals surface area contributed by atoms with Crippen LogP contribution in [0.1, 0.15) is 82.1 Å². The number of methoxy groups -OCH3 is 2. The van der Waals surface area contributed by atoms with Crippen molar-refractivity contribution in [3.63, 3.8) is 0 Å². The number of carbonyl (C=O) groups is 2. The molecule has 3 aromatic rings. The molecule has 0 aliphatic carbocycles. The summed E-state index contributed by atoms with van der Waals surface area (Å²) in [5.74, 6) is 0.893. The van der Waals surface area contributed by atoms with Gasteiger partial charge in [-0.2, -0.15) is 0 Å². The molecule has 15 heteroatoms. The average molecular weight is 787 g/mol. The normalized spacial score (nSPS) is 32.1. The molecule has 8 unspecified atom stereocenters.